The third-order valence-electron chi connectivity index (χ3n) is 3.43. The van der Waals surface area contributed by atoms with E-state index in [4.69, 9.17) is 0 Å². The van der Waals surface area contributed by atoms with Crippen molar-refractivity contribution >= 4 is 0 Å². The van der Waals surface area contributed by atoms with Gasteiger partial charge in [-0.2, -0.15) is 0 Å². The summed E-state index contributed by atoms with van der Waals surface area (Å²) < 4.78 is 1.77. The maximum atomic E-state index is 10.5. The van der Waals surface area contributed by atoms with Crippen molar-refractivity contribution in [3.05, 3.63) is 5.82 Å². The van der Waals surface area contributed by atoms with Gasteiger partial charge in [-0.05, 0) is 23.3 Å². The molecule has 1 aliphatic carbocycles. The van der Waals surface area contributed by atoms with Gasteiger partial charge in [0.15, 0.2) is 5.82 Å². The summed E-state index contributed by atoms with van der Waals surface area (Å²) in [6.07, 6.45) is 5.14. The van der Waals surface area contributed by atoms with Crippen molar-refractivity contribution in [2.24, 2.45) is 0 Å². The van der Waals surface area contributed by atoms with Crippen molar-refractivity contribution in [1.29, 1.82) is 0 Å². The zero-order chi connectivity index (χ0) is 12.5. The van der Waals surface area contributed by atoms with Crippen LogP contribution in [0.5, 0.6) is 0 Å². The van der Waals surface area contributed by atoms with Crippen LogP contribution in [-0.2, 0) is 12.0 Å². The molecule has 0 radical (unpaired) electrons. The Balaban J connectivity index is 2.16. The molecule has 1 aromatic rings. The van der Waals surface area contributed by atoms with E-state index in [1.807, 2.05) is 0 Å². The molecule has 1 N–H and O–H groups in total. The van der Waals surface area contributed by atoms with Crippen LogP contribution in [0.15, 0.2) is 0 Å². The lowest BCUT2D eigenvalue weighted by Crippen LogP contribution is -2.38. The second kappa shape index (κ2) is 4.37. The number of nitrogens with zero attached hydrogens (tertiary/aromatic N) is 4. The second-order valence-corrected chi connectivity index (χ2v) is 6.20. The minimum Gasteiger partial charge on any atom is -0.388 e. The van der Waals surface area contributed by atoms with Gasteiger partial charge in [-0.3, -0.25) is 0 Å². The molecule has 0 bridgehead atoms. The predicted molar refractivity (Wildman–Crippen MR) is 64.6 cm³/mol. The molecule has 0 spiro atoms. The topological polar surface area (TPSA) is 63.8 Å². The van der Waals surface area contributed by atoms with E-state index >= 15 is 0 Å². The highest BCUT2D eigenvalue weighted by Crippen LogP contribution is 2.30. The third kappa shape index (κ3) is 2.83. The molecule has 5 heteroatoms. The molecule has 0 amide bonds. The van der Waals surface area contributed by atoms with Crippen LogP contribution in [0.2, 0.25) is 0 Å². The van der Waals surface area contributed by atoms with Gasteiger partial charge in [0.1, 0.15) is 0 Å². The van der Waals surface area contributed by atoms with Crippen LogP contribution < -0.4 is 0 Å². The fraction of sp³-hybridized carbons (Fsp3) is 0.917. The minimum absolute atomic E-state index is 0.0888. The third-order valence-corrected chi connectivity index (χ3v) is 3.43. The Labute approximate surface area is 102 Å². The van der Waals surface area contributed by atoms with Gasteiger partial charge in [-0.15, -0.1) is 5.10 Å². The first-order valence-corrected chi connectivity index (χ1v) is 6.40. The lowest BCUT2D eigenvalue weighted by Gasteiger charge is -2.32. The molecular formula is C12H22N4O. The molecule has 1 aromatic heterocycles. The Morgan fingerprint density at radius 3 is 2.47 bits per heavy atom. The number of aliphatic hydroxyl groups is 1. The Kier molecular flexibility index (Phi) is 3.21. The Morgan fingerprint density at radius 2 is 1.88 bits per heavy atom. The Hall–Kier alpha value is -0.970. The summed E-state index contributed by atoms with van der Waals surface area (Å²) >= 11 is 0. The van der Waals surface area contributed by atoms with Gasteiger partial charge in [0.2, 0.25) is 0 Å². The summed E-state index contributed by atoms with van der Waals surface area (Å²) in [7, 11) is 0. The molecule has 17 heavy (non-hydrogen) atoms. The molecule has 0 atom stereocenters. The van der Waals surface area contributed by atoms with E-state index < -0.39 is 5.60 Å². The molecule has 1 saturated carbocycles. The summed E-state index contributed by atoms with van der Waals surface area (Å²) in [4.78, 5) is 0. The van der Waals surface area contributed by atoms with Crippen molar-refractivity contribution in [2.75, 3.05) is 0 Å². The van der Waals surface area contributed by atoms with Gasteiger partial charge in [0.05, 0.1) is 12.1 Å². The molecule has 1 fully saturated rings. The van der Waals surface area contributed by atoms with Gasteiger partial charge < -0.3 is 5.11 Å². The lowest BCUT2D eigenvalue weighted by atomic mass is 9.84. The van der Waals surface area contributed by atoms with Crippen LogP contribution in [0.3, 0.4) is 0 Å². The van der Waals surface area contributed by atoms with Gasteiger partial charge in [0.25, 0.3) is 0 Å². The Bertz CT molecular complexity index is 374. The van der Waals surface area contributed by atoms with E-state index in [0.29, 0.717) is 6.54 Å². The van der Waals surface area contributed by atoms with E-state index in [1.165, 1.54) is 6.42 Å². The van der Waals surface area contributed by atoms with E-state index in [2.05, 4.69) is 36.3 Å². The summed E-state index contributed by atoms with van der Waals surface area (Å²) in [6.45, 7) is 6.77. The maximum absolute atomic E-state index is 10.5. The van der Waals surface area contributed by atoms with Crippen LogP contribution in [0.1, 0.15) is 58.7 Å². The predicted octanol–water partition coefficient (Wildman–Crippen LogP) is 1.67. The first kappa shape index (κ1) is 12.5. The van der Waals surface area contributed by atoms with E-state index in [-0.39, 0.29) is 5.41 Å². The zero-order valence-corrected chi connectivity index (χ0v) is 11.0. The molecule has 0 unspecified atom stereocenters. The number of hydrogen-bond donors (Lipinski definition) is 1. The molecule has 5 nitrogen and oxygen atoms in total. The molecule has 0 saturated heterocycles. The van der Waals surface area contributed by atoms with Crippen LogP contribution >= 0.6 is 0 Å². The zero-order valence-electron chi connectivity index (χ0n) is 11.0. The summed E-state index contributed by atoms with van der Waals surface area (Å²) in [5, 5.41) is 22.3. The quantitative estimate of drug-likeness (QED) is 0.851. The summed E-state index contributed by atoms with van der Waals surface area (Å²) in [6, 6.07) is 0. The summed E-state index contributed by atoms with van der Waals surface area (Å²) in [5.41, 5.74) is -0.706. The molecule has 1 aliphatic rings. The average molecular weight is 238 g/mol. The van der Waals surface area contributed by atoms with Crippen molar-refractivity contribution < 1.29 is 5.11 Å². The van der Waals surface area contributed by atoms with E-state index in [0.717, 1.165) is 31.5 Å². The van der Waals surface area contributed by atoms with Gasteiger partial charge in [-0.25, -0.2) is 4.68 Å². The maximum Gasteiger partial charge on any atom is 0.156 e. The van der Waals surface area contributed by atoms with Gasteiger partial charge in [0, 0.05) is 5.41 Å². The summed E-state index contributed by atoms with van der Waals surface area (Å²) in [5.74, 6) is 0.844. The fourth-order valence-electron chi connectivity index (χ4n) is 2.50. The monoisotopic (exact) mass is 238 g/mol. The standard InChI is InChI=1S/C12H22N4O/c1-11(2,3)10-13-14-15-16(10)9-12(17)7-5-4-6-8-12/h17H,4-9H2,1-3H3. The lowest BCUT2D eigenvalue weighted by molar-refractivity contribution is -0.0159. The largest absolute Gasteiger partial charge is 0.388 e. The van der Waals surface area contributed by atoms with Crippen LogP contribution in [0.4, 0.5) is 0 Å². The number of tetrazole rings is 1. The van der Waals surface area contributed by atoms with Crippen LogP contribution in [-0.4, -0.2) is 30.9 Å². The first-order valence-electron chi connectivity index (χ1n) is 6.40. The highest BCUT2D eigenvalue weighted by Gasteiger charge is 2.32. The average Bonchev–Trinajstić information content (AvgIpc) is 2.65. The molecule has 1 heterocycles. The first-order chi connectivity index (χ1) is 7.91. The number of rotatable bonds is 2. The van der Waals surface area contributed by atoms with Gasteiger partial charge in [-0.1, -0.05) is 40.0 Å². The van der Waals surface area contributed by atoms with Crippen molar-refractivity contribution in [3.63, 3.8) is 0 Å². The van der Waals surface area contributed by atoms with Crippen molar-refractivity contribution in [1.82, 2.24) is 20.2 Å². The molecule has 0 aromatic carbocycles. The Morgan fingerprint density at radius 1 is 1.24 bits per heavy atom. The number of aromatic nitrogens is 4. The normalized spacial score (nSPS) is 20.5. The minimum atomic E-state index is -0.617. The molecule has 0 aliphatic heterocycles. The van der Waals surface area contributed by atoms with E-state index in [9.17, 15) is 5.11 Å². The van der Waals surface area contributed by atoms with E-state index in [1.54, 1.807) is 4.68 Å². The molecular weight excluding hydrogens is 216 g/mol. The van der Waals surface area contributed by atoms with Crippen LogP contribution in [0.25, 0.3) is 0 Å². The molecule has 96 valence electrons. The smallest absolute Gasteiger partial charge is 0.156 e. The SMILES string of the molecule is CC(C)(C)c1nnnn1CC1(O)CCCCC1. The van der Waals surface area contributed by atoms with Crippen LogP contribution in [0, 0.1) is 0 Å². The van der Waals surface area contributed by atoms with Crippen molar-refractivity contribution in [2.45, 2.75) is 70.4 Å². The van der Waals surface area contributed by atoms with Gasteiger partial charge >= 0.3 is 0 Å². The van der Waals surface area contributed by atoms with Crippen molar-refractivity contribution in [3.8, 4) is 0 Å². The number of hydrogen-bond acceptors (Lipinski definition) is 4. The highest BCUT2D eigenvalue weighted by molar-refractivity contribution is 5.00. The molecule has 2 rings (SSSR count). The highest BCUT2D eigenvalue weighted by atomic mass is 16.3. The fourth-order valence-corrected chi connectivity index (χ4v) is 2.50. The second-order valence-electron chi connectivity index (χ2n) is 6.20.